The third-order valence-electron chi connectivity index (χ3n) is 4.14. The zero-order chi connectivity index (χ0) is 13.2. The second-order valence-corrected chi connectivity index (χ2v) is 5.87. The van der Waals surface area contributed by atoms with Gasteiger partial charge in [0.05, 0.1) is 6.61 Å². The van der Waals surface area contributed by atoms with Crippen LogP contribution in [0, 0.1) is 11.8 Å². The zero-order valence-electron chi connectivity index (χ0n) is 12.6. The molecule has 1 aliphatic heterocycles. The van der Waals surface area contributed by atoms with Gasteiger partial charge in [-0.05, 0) is 63.7 Å². The molecule has 0 aliphatic carbocycles. The van der Waals surface area contributed by atoms with Crippen molar-refractivity contribution in [1.29, 1.82) is 0 Å². The lowest BCUT2D eigenvalue weighted by Gasteiger charge is -2.33. The first-order valence-corrected chi connectivity index (χ1v) is 7.66. The summed E-state index contributed by atoms with van der Waals surface area (Å²) in [6.07, 6.45) is 5.42. The van der Waals surface area contributed by atoms with Gasteiger partial charge in [0.1, 0.15) is 0 Å². The Hall–Kier alpha value is -0.120. The van der Waals surface area contributed by atoms with Crippen LogP contribution in [0.1, 0.15) is 39.5 Å². The summed E-state index contributed by atoms with van der Waals surface area (Å²) in [5.41, 5.74) is 0. The average molecular weight is 256 g/mol. The van der Waals surface area contributed by atoms with E-state index >= 15 is 0 Å². The van der Waals surface area contributed by atoms with Crippen molar-refractivity contribution in [3.8, 4) is 0 Å². The van der Waals surface area contributed by atoms with Gasteiger partial charge in [0, 0.05) is 13.7 Å². The van der Waals surface area contributed by atoms with Crippen molar-refractivity contribution in [2.75, 3.05) is 46.4 Å². The van der Waals surface area contributed by atoms with Gasteiger partial charge in [0.2, 0.25) is 0 Å². The SMILES string of the molecule is COCCNCCCCN1CCC(C(C)C)CC1. The first-order valence-electron chi connectivity index (χ1n) is 7.66. The number of hydrogen-bond acceptors (Lipinski definition) is 3. The molecule has 1 saturated heterocycles. The third kappa shape index (κ3) is 6.72. The molecule has 0 bridgehead atoms. The Morgan fingerprint density at radius 1 is 1.17 bits per heavy atom. The largest absolute Gasteiger partial charge is 0.383 e. The van der Waals surface area contributed by atoms with Crippen molar-refractivity contribution in [3.05, 3.63) is 0 Å². The molecule has 0 unspecified atom stereocenters. The summed E-state index contributed by atoms with van der Waals surface area (Å²) in [6.45, 7) is 11.6. The highest BCUT2D eigenvalue weighted by atomic mass is 16.5. The van der Waals surface area contributed by atoms with E-state index in [0.29, 0.717) is 0 Å². The molecule has 1 aliphatic rings. The molecule has 0 aromatic heterocycles. The predicted molar refractivity (Wildman–Crippen MR) is 78.0 cm³/mol. The number of rotatable bonds is 9. The van der Waals surface area contributed by atoms with E-state index in [4.69, 9.17) is 4.74 Å². The maximum absolute atomic E-state index is 5.00. The van der Waals surface area contributed by atoms with Crippen LogP contribution >= 0.6 is 0 Å². The maximum Gasteiger partial charge on any atom is 0.0587 e. The summed E-state index contributed by atoms with van der Waals surface area (Å²) < 4.78 is 5.00. The van der Waals surface area contributed by atoms with Crippen molar-refractivity contribution in [1.82, 2.24) is 10.2 Å². The first-order chi connectivity index (χ1) is 8.74. The molecule has 108 valence electrons. The fraction of sp³-hybridized carbons (Fsp3) is 1.00. The summed E-state index contributed by atoms with van der Waals surface area (Å²) in [7, 11) is 1.75. The van der Waals surface area contributed by atoms with Gasteiger partial charge in [-0.2, -0.15) is 0 Å². The van der Waals surface area contributed by atoms with E-state index in [1.54, 1.807) is 7.11 Å². The smallest absolute Gasteiger partial charge is 0.0587 e. The van der Waals surface area contributed by atoms with Crippen molar-refractivity contribution in [3.63, 3.8) is 0 Å². The van der Waals surface area contributed by atoms with E-state index in [1.165, 1.54) is 45.3 Å². The third-order valence-corrected chi connectivity index (χ3v) is 4.14. The molecule has 0 aromatic rings. The second-order valence-electron chi connectivity index (χ2n) is 5.87. The summed E-state index contributed by atoms with van der Waals surface area (Å²) in [4.78, 5) is 2.65. The highest BCUT2D eigenvalue weighted by Gasteiger charge is 2.20. The monoisotopic (exact) mass is 256 g/mol. The zero-order valence-corrected chi connectivity index (χ0v) is 12.6. The van der Waals surface area contributed by atoms with Crippen LogP contribution in [0.25, 0.3) is 0 Å². The Kier molecular flexibility index (Phi) is 8.64. The van der Waals surface area contributed by atoms with E-state index in [9.17, 15) is 0 Å². The Morgan fingerprint density at radius 3 is 2.50 bits per heavy atom. The molecule has 0 radical (unpaired) electrons. The lowest BCUT2D eigenvalue weighted by atomic mass is 9.87. The summed E-state index contributed by atoms with van der Waals surface area (Å²) in [6, 6.07) is 0. The van der Waals surface area contributed by atoms with Crippen LogP contribution in [-0.2, 0) is 4.74 Å². The summed E-state index contributed by atoms with van der Waals surface area (Å²) in [5, 5.41) is 3.40. The molecule has 0 saturated carbocycles. The highest BCUT2D eigenvalue weighted by molar-refractivity contribution is 4.74. The lowest BCUT2D eigenvalue weighted by molar-refractivity contribution is 0.155. The molecule has 3 heteroatoms. The molecular weight excluding hydrogens is 224 g/mol. The van der Waals surface area contributed by atoms with Crippen LogP contribution in [0.2, 0.25) is 0 Å². The van der Waals surface area contributed by atoms with Gasteiger partial charge in [-0.3, -0.25) is 0 Å². The molecule has 18 heavy (non-hydrogen) atoms. The van der Waals surface area contributed by atoms with Crippen LogP contribution in [0.4, 0.5) is 0 Å². The second kappa shape index (κ2) is 9.76. The molecule has 0 spiro atoms. The highest BCUT2D eigenvalue weighted by Crippen LogP contribution is 2.24. The Bertz CT molecular complexity index is 189. The number of likely N-dealkylation sites (tertiary alicyclic amines) is 1. The van der Waals surface area contributed by atoms with E-state index in [0.717, 1.165) is 31.5 Å². The van der Waals surface area contributed by atoms with Gasteiger partial charge in [-0.25, -0.2) is 0 Å². The molecule has 1 rings (SSSR count). The van der Waals surface area contributed by atoms with Crippen LogP contribution in [0.3, 0.4) is 0 Å². The number of nitrogens with zero attached hydrogens (tertiary/aromatic N) is 1. The topological polar surface area (TPSA) is 24.5 Å². The Balaban J connectivity index is 1.91. The van der Waals surface area contributed by atoms with Gasteiger partial charge in [0.15, 0.2) is 0 Å². The number of hydrogen-bond donors (Lipinski definition) is 1. The van der Waals surface area contributed by atoms with E-state index in [-0.39, 0.29) is 0 Å². The van der Waals surface area contributed by atoms with Crippen molar-refractivity contribution >= 4 is 0 Å². The average Bonchev–Trinajstić information content (AvgIpc) is 2.38. The summed E-state index contributed by atoms with van der Waals surface area (Å²) in [5.74, 6) is 1.84. The van der Waals surface area contributed by atoms with Crippen LogP contribution < -0.4 is 5.32 Å². The van der Waals surface area contributed by atoms with Crippen LogP contribution in [0.15, 0.2) is 0 Å². The van der Waals surface area contributed by atoms with Crippen LogP contribution in [-0.4, -0.2) is 51.3 Å². The van der Waals surface area contributed by atoms with E-state index in [1.807, 2.05) is 0 Å². The standard InChI is InChI=1S/C15H32N2O/c1-14(2)15-6-11-17(12-7-15)10-5-4-8-16-9-13-18-3/h14-16H,4-13H2,1-3H3. The maximum atomic E-state index is 5.00. The molecule has 0 atom stereocenters. The fourth-order valence-electron chi connectivity index (χ4n) is 2.73. The van der Waals surface area contributed by atoms with Gasteiger partial charge in [0.25, 0.3) is 0 Å². The molecular formula is C15H32N2O. The quantitative estimate of drug-likeness (QED) is 0.641. The van der Waals surface area contributed by atoms with Gasteiger partial charge >= 0.3 is 0 Å². The number of ether oxygens (including phenoxy) is 1. The first kappa shape index (κ1) is 15.9. The number of unbranched alkanes of at least 4 members (excludes halogenated alkanes) is 1. The van der Waals surface area contributed by atoms with E-state index in [2.05, 4.69) is 24.1 Å². The van der Waals surface area contributed by atoms with Gasteiger partial charge < -0.3 is 15.0 Å². The number of methoxy groups -OCH3 is 1. The van der Waals surface area contributed by atoms with Gasteiger partial charge in [-0.1, -0.05) is 13.8 Å². The molecule has 1 heterocycles. The van der Waals surface area contributed by atoms with Crippen molar-refractivity contribution in [2.45, 2.75) is 39.5 Å². The predicted octanol–water partition coefficient (Wildman–Crippen LogP) is 2.37. The Labute approximate surface area is 113 Å². The normalized spacial score (nSPS) is 18.7. The lowest BCUT2D eigenvalue weighted by Crippen LogP contribution is -2.36. The van der Waals surface area contributed by atoms with Gasteiger partial charge in [-0.15, -0.1) is 0 Å². The summed E-state index contributed by atoms with van der Waals surface area (Å²) >= 11 is 0. The molecule has 1 N–H and O–H groups in total. The minimum Gasteiger partial charge on any atom is -0.383 e. The minimum atomic E-state index is 0.822. The fourth-order valence-corrected chi connectivity index (χ4v) is 2.73. The van der Waals surface area contributed by atoms with Crippen molar-refractivity contribution < 1.29 is 4.74 Å². The number of nitrogens with one attached hydrogen (secondary N) is 1. The minimum absolute atomic E-state index is 0.822. The number of piperidine rings is 1. The molecule has 3 nitrogen and oxygen atoms in total. The molecule has 0 amide bonds. The van der Waals surface area contributed by atoms with Crippen LogP contribution in [0.5, 0.6) is 0 Å². The van der Waals surface area contributed by atoms with E-state index < -0.39 is 0 Å². The Morgan fingerprint density at radius 2 is 1.89 bits per heavy atom. The molecule has 0 aromatic carbocycles. The molecule has 1 fully saturated rings. The van der Waals surface area contributed by atoms with Crippen molar-refractivity contribution in [2.24, 2.45) is 11.8 Å².